The van der Waals surface area contributed by atoms with Gasteiger partial charge in [-0.3, -0.25) is 4.79 Å². The third-order valence-electron chi connectivity index (χ3n) is 1.99. The van der Waals surface area contributed by atoms with Gasteiger partial charge in [0.15, 0.2) is 0 Å². The average Bonchev–Trinajstić information content (AvgIpc) is 2.11. The Balaban J connectivity index is 4.00. The average molecular weight is 217 g/mol. The van der Waals surface area contributed by atoms with Crippen molar-refractivity contribution in [2.75, 3.05) is 13.7 Å². The van der Waals surface area contributed by atoms with Crippen LogP contribution in [0.25, 0.3) is 0 Å². The lowest BCUT2D eigenvalue weighted by atomic mass is 9.94. The van der Waals surface area contributed by atoms with Crippen LogP contribution in [0.1, 0.15) is 26.7 Å². The van der Waals surface area contributed by atoms with Crippen LogP contribution in [0.4, 0.5) is 4.79 Å². The second kappa shape index (κ2) is 7.09. The lowest BCUT2D eigenvalue weighted by Gasteiger charge is -2.17. The number of amides is 1. The molecule has 0 unspecified atom stereocenters. The number of aliphatic carboxylic acids is 1. The van der Waals surface area contributed by atoms with Crippen LogP contribution in [-0.2, 0) is 9.53 Å². The molecular formula is C10H19NO4. The van der Waals surface area contributed by atoms with E-state index in [-0.39, 0.29) is 12.3 Å². The molecule has 5 nitrogen and oxygen atoms in total. The molecule has 0 aromatic heterocycles. The Bertz CT molecular complexity index is 215. The Morgan fingerprint density at radius 3 is 2.40 bits per heavy atom. The van der Waals surface area contributed by atoms with Gasteiger partial charge in [-0.25, -0.2) is 4.79 Å². The summed E-state index contributed by atoms with van der Waals surface area (Å²) >= 11 is 0. The van der Waals surface area contributed by atoms with Gasteiger partial charge in [-0.15, -0.1) is 0 Å². The Morgan fingerprint density at radius 1 is 1.40 bits per heavy atom. The molecule has 0 rings (SSSR count). The van der Waals surface area contributed by atoms with E-state index in [1.807, 2.05) is 13.8 Å². The molecule has 0 aromatic rings. The number of carbonyl (C=O) groups excluding carboxylic acids is 1. The summed E-state index contributed by atoms with van der Waals surface area (Å²) in [6.45, 7) is 4.39. The van der Waals surface area contributed by atoms with Crippen LogP contribution in [0.3, 0.4) is 0 Å². The molecule has 88 valence electrons. The van der Waals surface area contributed by atoms with Crippen molar-refractivity contribution in [3.63, 3.8) is 0 Å². The number of carbonyl (C=O) groups is 2. The Kier molecular flexibility index (Phi) is 6.49. The fourth-order valence-corrected chi connectivity index (χ4v) is 1.45. The molecule has 0 saturated heterocycles. The molecule has 0 spiro atoms. The summed E-state index contributed by atoms with van der Waals surface area (Å²) in [6.07, 6.45) is 0.326. The van der Waals surface area contributed by atoms with E-state index in [1.165, 1.54) is 7.11 Å². The molecule has 5 heteroatoms. The highest BCUT2D eigenvalue weighted by Gasteiger charge is 2.15. The predicted octanol–water partition coefficient (Wildman–Crippen LogP) is 1.48. The number of carboxylic acids is 1. The molecule has 0 aliphatic carbocycles. The first-order chi connectivity index (χ1) is 6.95. The maximum absolute atomic E-state index is 10.8. The minimum absolute atomic E-state index is 0.0402. The van der Waals surface area contributed by atoms with E-state index in [4.69, 9.17) is 5.11 Å². The first kappa shape index (κ1) is 13.7. The summed E-state index contributed by atoms with van der Waals surface area (Å²) in [7, 11) is 1.28. The van der Waals surface area contributed by atoms with Crippen molar-refractivity contribution in [1.29, 1.82) is 0 Å². The van der Waals surface area contributed by atoms with Crippen molar-refractivity contribution >= 4 is 12.1 Å². The molecule has 0 fully saturated rings. The maximum atomic E-state index is 10.8. The monoisotopic (exact) mass is 217 g/mol. The van der Waals surface area contributed by atoms with E-state index in [1.54, 1.807) is 0 Å². The third-order valence-corrected chi connectivity index (χ3v) is 1.99. The van der Waals surface area contributed by atoms with Gasteiger partial charge in [-0.1, -0.05) is 13.8 Å². The van der Waals surface area contributed by atoms with Crippen LogP contribution in [0, 0.1) is 11.8 Å². The van der Waals surface area contributed by atoms with Gasteiger partial charge in [0.2, 0.25) is 0 Å². The van der Waals surface area contributed by atoms with Gasteiger partial charge in [-0.05, 0) is 18.3 Å². The van der Waals surface area contributed by atoms with Crippen molar-refractivity contribution in [1.82, 2.24) is 5.32 Å². The van der Waals surface area contributed by atoms with Crippen LogP contribution in [-0.4, -0.2) is 30.8 Å². The van der Waals surface area contributed by atoms with Gasteiger partial charge in [0.1, 0.15) is 0 Å². The topological polar surface area (TPSA) is 75.6 Å². The van der Waals surface area contributed by atoms with Crippen LogP contribution in [0.15, 0.2) is 0 Å². The normalized spacial score (nSPS) is 12.3. The summed E-state index contributed by atoms with van der Waals surface area (Å²) in [4.78, 5) is 21.4. The van der Waals surface area contributed by atoms with Gasteiger partial charge in [0.05, 0.1) is 7.11 Å². The number of methoxy groups -OCH3 is 1. The van der Waals surface area contributed by atoms with E-state index < -0.39 is 12.1 Å². The molecule has 0 aliphatic rings. The fourth-order valence-electron chi connectivity index (χ4n) is 1.45. The largest absolute Gasteiger partial charge is 0.481 e. The van der Waals surface area contributed by atoms with Crippen LogP contribution >= 0.6 is 0 Å². The zero-order chi connectivity index (χ0) is 11.8. The van der Waals surface area contributed by atoms with Crippen molar-refractivity contribution in [2.24, 2.45) is 11.8 Å². The molecule has 1 amide bonds. The smallest absolute Gasteiger partial charge is 0.406 e. The summed E-state index contributed by atoms with van der Waals surface area (Å²) in [6, 6.07) is 0. The molecule has 15 heavy (non-hydrogen) atoms. The molecule has 0 bridgehead atoms. The third kappa shape index (κ3) is 7.78. The highest BCUT2D eigenvalue weighted by atomic mass is 16.5. The Morgan fingerprint density at radius 2 is 2.00 bits per heavy atom. The summed E-state index contributed by atoms with van der Waals surface area (Å²) < 4.78 is 4.41. The molecule has 2 N–H and O–H groups in total. The number of carboxylic acid groups (broad SMARTS) is 1. The summed E-state index contributed by atoms with van der Waals surface area (Å²) in [5.41, 5.74) is 0. The number of alkyl carbamates (subject to hydrolysis) is 1. The quantitative estimate of drug-likeness (QED) is 0.706. The van der Waals surface area contributed by atoms with Crippen molar-refractivity contribution < 1.29 is 19.4 Å². The second-order valence-corrected chi connectivity index (χ2v) is 3.97. The van der Waals surface area contributed by atoms with Crippen LogP contribution < -0.4 is 5.32 Å². The fraction of sp³-hybridized carbons (Fsp3) is 0.800. The zero-order valence-electron chi connectivity index (χ0n) is 9.45. The Labute approximate surface area is 89.8 Å². The Hall–Kier alpha value is -1.26. The summed E-state index contributed by atoms with van der Waals surface area (Å²) in [5.74, 6) is -0.470. The van der Waals surface area contributed by atoms with E-state index >= 15 is 0 Å². The molecule has 0 radical (unpaired) electrons. The molecule has 0 aliphatic heterocycles. The first-order valence-electron chi connectivity index (χ1n) is 4.99. The van der Waals surface area contributed by atoms with Gasteiger partial charge < -0.3 is 15.2 Å². The number of rotatable bonds is 6. The number of ether oxygens (including phenoxy) is 1. The standard InChI is InChI=1S/C10H19NO4/c1-7(2)4-8(5-9(12)13)6-11-10(14)15-3/h7-8H,4-6H2,1-3H3,(H,11,14)(H,12,13)/t8-/m0/s1. The first-order valence-corrected chi connectivity index (χ1v) is 4.99. The SMILES string of the molecule is COC(=O)NC[C@H](CC(=O)O)CC(C)C. The van der Waals surface area contributed by atoms with Gasteiger partial charge in [0.25, 0.3) is 0 Å². The zero-order valence-corrected chi connectivity index (χ0v) is 9.45. The molecule has 0 aromatic carbocycles. The van der Waals surface area contributed by atoms with Gasteiger partial charge in [-0.2, -0.15) is 0 Å². The summed E-state index contributed by atoms with van der Waals surface area (Å²) in [5, 5.41) is 11.2. The van der Waals surface area contributed by atoms with Crippen LogP contribution in [0.2, 0.25) is 0 Å². The van der Waals surface area contributed by atoms with E-state index in [0.717, 1.165) is 6.42 Å². The van der Waals surface area contributed by atoms with Gasteiger partial charge in [0, 0.05) is 13.0 Å². The van der Waals surface area contributed by atoms with Crippen molar-refractivity contribution in [3.8, 4) is 0 Å². The van der Waals surface area contributed by atoms with E-state index in [9.17, 15) is 9.59 Å². The van der Waals surface area contributed by atoms with Crippen LogP contribution in [0.5, 0.6) is 0 Å². The lowest BCUT2D eigenvalue weighted by Crippen LogP contribution is -2.30. The molecule has 1 atom stereocenters. The van der Waals surface area contributed by atoms with Gasteiger partial charge >= 0.3 is 12.1 Å². The highest BCUT2D eigenvalue weighted by Crippen LogP contribution is 2.14. The van der Waals surface area contributed by atoms with Crippen molar-refractivity contribution in [2.45, 2.75) is 26.7 Å². The predicted molar refractivity (Wildman–Crippen MR) is 55.6 cm³/mol. The minimum atomic E-state index is -0.840. The molecule has 0 heterocycles. The molecule has 0 saturated carbocycles. The number of nitrogens with one attached hydrogen (secondary N) is 1. The minimum Gasteiger partial charge on any atom is -0.481 e. The second-order valence-electron chi connectivity index (χ2n) is 3.97. The van der Waals surface area contributed by atoms with Crippen molar-refractivity contribution in [3.05, 3.63) is 0 Å². The van der Waals surface area contributed by atoms with E-state index in [2.05, 4.69) is 10.1 Å². The van der Waals surface area contributed by atoms with E-state index in [0.29, 0.717) is 12.5 Å². The maximum Gasteiger partial charge on any atom is 0.406 e. The lowest BCUT2D eigenvalue weighted by molar-refractivity contribution is -0.138. The highest BCUT2D eigenvalue weighted by molar-refractivity contribution is 5.68. The molecular weight excluding hydrogens is 198 g/mol. The number of hydrogen-bond acceptors (Lipinski definition) is 3. The number of hydrogen-bond donors (Lipinski definition) is 2.